The van der Waals surface area contributed by atoms with Crippen molar-refractivity contribution in [3.8, 4) is 22.7 Å². The fourth-order valence-corrected chi connectivity index (χ4v) is 4.75. The van der Waals surface area contributed by atoms with Gasteiger partial charge in [-0.25, -0.2) is 4.98 Å². The number of rotatable bonds is 4. The van der Waals surface area contributed by atoms with E-state index in [-0.39, 0.29) is 11.8 Å². The van der Waals surface area contributed by atoms with Crippen molar-refractivity contribution in [3.05, 3.63) is 89.6 Å². The summed E-state index contributed by atoms with van der Waals surface area (Å²) in [5.41, 5.74) is 8.57. The average molecular weight is 449 g/mol. The van der Waals surface area contributed by atoms with Gasteiger partial charge < -0.3 is 9.73 Å². The number of fused-ring (bicyclic) bond motifs is 2. The molecule has 0 aliphatic heterocycles. The molecule has 2 heterocycles. The number of aromatic amines is 1. The molecule has 0 fully saturated rings. The van der Waals surface area contributed by atoms with Gasteiger partial charge in [0.2, 0.25) is 11.8 Å². The number of aromatic nitrogens is 3. The molecule has 1 aliphatic carbocycles. The van der Waals surface area contributed by atoms with Crippen LogP contribution in [0.2, 0.25) is 0 Å². The summed E-state index contributed by atoms with van der Waals surface area (Å²) in [5, 5.41) is 10.4. The zero-order valence-electron chi connectivity index (χ0n) is 18.8. The van der Waals surface area contributed by atoms with Crippen LogP contribution in [0.4, 0.5) is 5.69 Å². The van der Waals surface area contributed by atoms with Gasteiger partial charge in [-0.2, -0.15) is 5.10 Å². The van der Waals surface area contributed by atoms with Gasteiger partial charge >= 0.3 is 0 Å². The lowest BCUT2D eigenvalue weighted by Gasteiger charge is -2.23. The summed E-state index contributed by atoms with van der Waals surface area (Å²) in [4.78, 5) is 17.6. The summed E-state index contributed by atoms with van der Waals surface area (Å²) in [5.74, 6) is 0.600. The van der Waals surface area contributed by atoms with Crippen LogP contribution in [0.5, 0.6) is 0 Å². The predicted octanol–water partition coefficient (Wildman–Crippen LogP) is 5.94. The lowest BCUT2D eigenvalue weighted by Crippen LogP contribution is -2.28. The monoisotopic (exact) mass is 448 g/mol. The summed E-state index contributed by atoms with van der Waals surface area (Å²) < 4.78 is 6.00. The highest BCUT2D eigenvalue weighted by atomic mass is 16.3. The quantitative estimate of drug-likeness (QED) is 0.357. The molecule has 6 rings (SSSR count). The molecule has 1 amide bonds. The molecule has 2 aromatic heterocycles. The Balaban J connectivity index is 1.20. The van der Waals surface area contributed by atoms with Gasteiger partial charge in [0, 0.05) is 23.4 Å². The van der Waals surface area contributed by atoms with E-state index >= 15 is 0 Å². The van der Waals surface area contributed by atoms with Crippen molar-refractivity contribution in [2.75, 3.05) is 5.32 Å². The normalized spacial score (nSPS) is 15.3. The Labute approximate surface area is 197 Å². The summed E-state index contributed by atoms with van der Waals surface area (Å²) >= 11 is 0. The number of aryl methyl sites for hydroxylation is 2. The van der Waals surface area contributed by atoms with Gasteiger partial charge in [-0.15, -0.1) is 0 Å². The first-order chi connectivity index (χ1) is 16.7. The van der Waals surface area contributed by atoms with E-state index in [1.165, 1.54) is 11.1 Å². The third-order valence-electron chi connectivity index (χ3n) is 6.63. The van der Waals surface area contributed by atoms with Gasteiger partial charge in [-0.3, -0.25) is 9.89 Å². The van der Waals surface area contributed by atoms with Crippen LogP contribution in [-0.4, -0.2) is 21.1 Å². The summed E-state index contributed by atoms with van der Waals surface area (Å²) in [6.07, 6.45) is 4.42. The molecule has 0 saturated carbocycles. The fourth-order valence-electron chi connectivity index (χ4n) is 4.75. The van der Waals surface area contributed by atoms with Gasteiger partial charge in [0.1, 0.15) is 11.2 Å². The van der Waals surface area contributed by atoms with Gasteiger partial charge in [0.05, 0.1) is 5.56 Å². The third kappa shape index (κ3) is 3.67. The lowest BCUT2D eigenvalue weighted by molar-refractivity contribution is -0.120. The largest absolute Gasteiger partial charge is 0.436 e. The average Bonchev–Trinajstić information content (AvgIpc) is 3.52. The molecular formula is C28H24N4O2. The second-order valence-electron chi connectivity index (χ2n) is 8.86. The molecule has 34 heavy (non-hydrogen) atoms. The molecule has 1 atom stereocenters. The van der Waals surface area contributed by atoms with Crippen LogP contribution >= 0.6 is 0 Å². The van der Waals surface area contributed by atoms with Gasteiger partial charge in [-0.05, 0) is 61.1 Å². The van der Waals surface area contributed by atoms with Crippen molar-refractivity contribution in [3.63, 3.8) is 0 Å². The predicted molar refractivity (Wildman–Crippen MR) is 132 cm³/mol. The number of nitrogens with zero attached hydrogens (tertiary/aromatic N) is 2. The van der Waals surface area contributed by atoms with E-state index in [2.05, 4.69) is 38.7 Å². The van der Waals surface area contributed by atoms with Crippen molar-refractivity contribution < 1.29 is 9.21 Å². The van der Waals surface area contributed by atoms with Crippen LogP contribution < -0.4 is 5.32 Å². The van der Waals surface area contributed by atoms with Gasteiger partial charge in [-0.1, -0.05) is 48.5 Å². The van der Waals surface area contributed by atoms with Crippen molar-refractivity contribution in [1.82, 2.24) is 15.2 Å². The van der Waals surface area contributed by atoms with E-state index in [0.717, 1.165) is 58.4 Å². The van der Waals surface area contributed by atoms with Crippen molar-refractivity contribution in [2.24, 2.45) is 5.92 Å². The number of nitrogens with one attached hydrogen (secondary N) is 2. The van der Waals surface area contributed by atoms with Crippen molar-refractivity contribution in [1.29, 1.82) is 0 Å². The van der Waals surface area contributed by atoms with Gasteiger partial charge in [0.15, 0.2) is 5.58 Å². The molecule has 1 aliphatic rings. The fraction of sp³-hybridized carbons (Fsp3) is 0.179. The van der Waals surface area contributed by atoms with Crippen molar-refractivity contribution in [2.45, 2.75) is 26.2 Å². The van der Waals surface area contributed by atoms with E-state index in [9.17, 15) is 4.79 Å². The van der Waals surface area contributed by atoms with E-state index in [0.29, 0.717) is 5.89 Å². The van der Waals surface area contributed by atoms with Crippen LogP contribution in [0.15, 0.2) is 77.3 Å². The summed E-state index contributed by atoms with van der Waals surface area (Å²) in [6, 6.07) is 22.0. The standard InChI is InChI=1S/C28H24N4O2/c1-17-5-4-8-24-25(17)31-28(34-24)23-16-29-32-26(23)19-11-13-22(14-12-19)30-27(33)21-10-9-18-6-2-3-7-20(18)15-21/h2-8,11-14,16,21H,9-10,15H2,1H3,(H,29,32)(H,30,33). The third-order valence-corrected chi connectivity index (χ3v) is 6.63. The number of benzene rings is 3. The Morgan fingerprint density at radius 2 is 1.85 bits per heavy atom. The highest BCUT2D eigenvalue weighted by molar-refractivity contribution is 5.93. The molecule has 168 valence electrons. The van der Waals surface area contributed by atoms with E-state index in [4.69, 9.17) is 4.42 Å². The maximum atomic E-state index is 12.9. The smallest absolute Gasteiger partial charge is 0.231 e. The molecule has 0 bridgehead atoms. The minimum atomic E-state index is -0.00450. The van der Waals surface area contributed by atoms with Crippen LogP contribution in [0.25, 0.3) is 33.8 Å². The number of H-pyrrole nitrogens is 1. The molecule has 0 radical (unpaired) electrons. The molecule has 2 N–H and O–H groups in total. The van der Waals surface area contributed by atoms with E-state index in [1.54, 1.807) is 6.20 Å². The first-order valence-electron chi connectivity index (χ1n) is 11.5. The molecule has 0 saturated heterocycles. The summed E-state index contributed by atoms with van der Waals surface area (Å²) in [6.45, 7) is 2.02. The molecule has 6 nitrogen and oxygen atoms in total. The first kappa shape index (κ1) is 20.4. The number of carbonyl (C=O) groups excluding carboxylic acids is 1. The number of para-hydroxylation sites is 1. The second-order valence-corrected chi connectivity index (χ2v) is 8.86. The zero-order chi connectivity index (χ0) is 23.1. The van der Waals surface area contributed by atoms with E-state index in [1.807, 2.05) is 55.5 Å². The topological polar surface area (TPSA) is 83.8 Å². The molecule has 1 unspecified atom stereocenters. The Bertz CT molecular complexity index is 1500. The zero-order valence-corrected chi connectivity index (χ0v) is 18.8. The van der Waals surface area contributed by atoms with Crippen molar-refractivity contribution >= 4 is 22.7 Å². The second kappa shape index (κ2) is 8.30. The minimum Gasteiger partial charge on any atom is -0.436 e. The molecule has 0 spiro atoms. The van der Waals surface area contributed by atoms with Crippen LogP contribution in [0, 0.1) is 12.8 Å². The summed E-state index contributed by atoms with van der Waals surface area (Å²) in [7, 11) is 0. The van der Waals surface area contributed by atoms with Crippen LogP contribution in [0.3, 0.4) is 0 Å². The number of hydrogen-bond acceptors (Lipinski definition) is 4. The SMILES string of the molecule is Cc1cccc2oc(-c3c[nH]nc3-c3ccc(NC(=O)C4CCc5ccccc5C4)cc3)nc12. The van der Waals surface area contributed by atoms with Gasteiger partial charge in [0.25, 0.3) is 0 Å². The number of carbonyl (C=O) groups is 1. The Morgan fingerprint density at radius 3 is 2.68 bits per heavy atom. The Kier molecular flexibility index (Phi) is 4.99. The number of hydrogen-bond donors (Lipinski definition) is 2. The Morgan fingerprint density at radius 1 is 1.03 bits per heavy atom. The van der Waals surface area contributed by atoms with E-state index < -0.39 is 0 Å². The van der Waals surface area contributed by atoms with Crippen LogP contribution in [-0.2, 0) is 17.6 Å². The minimum absolute atomic E-state index is 0.00450. The molecular weight excluding hydrogens is 424 g/mol. The molecule has 3 aromatic carbocycles. The number of anilines is 1. The Hall–Kier alpha value is -4.19. The first-order valence-corrected chi connectivity index (χ1v) is 11.5. The number of oxazole rings is 1. The molecule has 6 heteroatoms. The highest BCUT2D eigenvalue weighted by Crippen LogP contribution is 2.33. The molecule has 5 aromatic rings. The lowest BCUT2D eigenvalue weighted by atomic mass is 9.83. The highest BCUT2D eigenvalue weighted by Gasteiger charge is 2.24. The van der Waals surface area contributed by atoms with Crippen LogP contribution in [0.1, 0.15) is 23.1 Å². The maximum absolute atomic E-state index is 12.9. The maximum Gasteiger partial charge on any atom is 0.231 e. The number of amides is 1.